The second-order valence-electron chi connectivity index (χ2n) is 4.38. The summed E-state index contributed by atoms with van der Waals surface area (Å²) < 4.78 is 44.2. The SMILES string of the molecule is CC1CCC(CN)(OCCOC(F)(F)F)C1. The van der Waals surface area contributed by atoms with Gasteiger partial charge in [-0.3, -0.25) is 4.74 Å². The van der Waals surface area contributed by atoms with E-state index in [1.807, 2.05) is 0 Å². The first-order valence-electron chi connectivity index (χ1n) is 5.42. The fourth-order valence-electron chi connectivity index (χ4n) is 2.14. The summed E-state index contributed by atoms with van der Waals surface area (Å²) in [6.45, 7) is 1.90. The first-order chi connectivity index (χ1) is 7.37. The highest BCUT2D eigenvalue weighted by Gasteiger charge is 2.37. The van der Waals surface area contributed by atoms with Crippen LogP contribution in [-0.2, 0) is 9.47 Å². The molecule has 0 heterocycles. The molecule has 1 rings (SSSR count). The molecular formula is C10H18F3NO2. The lowest BCUT2D eigenvalue weighted by molar-refractivity contribution is -0.328. The minimum absolute atomic E-state index is 0.0660. The second-order valence-corrected chi connectivity index (χ2v) is 4.38. The van der Waals surface area contributed by atoms with Crippen LogP contribution in [0.3, 0.4) is 0 Å². The monoisotopic (exact) mass is 241 g/mol. The van der Waals surface area contributed by atoms with Gasteiger partial charge in [0.1, 0.15) is 0 Å². The summed E-state index contributed by atoms with van der Waals surface area (Å²) in [5.74, 6) is 0.520. The molecular weight excluding hydrogens is 223 g/mol. The van der Waals surface area contributed by atoms with Crippen LogP contribution >= 0.6 is 0 Å². The van der Waals surface area contributed by atoms with E-state index in [9.17, 15) is 13.2 Å². The van der Waals surface area contributed by atoms with Gasteiger partial charge in [0.25, 0.3) is 0 Å². The number of alkyl halides is 3. The number of halogens is 3. The lowest BCUT2D eigenvalue weighted by atomic mass is 10.0. The summed E-state index contributed by atoms with van der Waals surface area (Å²) in [6.07, 6.45) is -1.94. The molecule has 96 valence electrons. The van der Waals surface area contributed by atoms with Gasteiger partial charge >= 0.3 is 6.36 Å². The van der Waals surface area contributed by atoms with Crippen LogP contribution in [0.4, 0.5) is 13.2 Å². The molecule has 2 N–H and O–H groups in total. The van der Waals surface area contributed by atoms with Crippen molar-refractivity contribution in [1.82, 2.24) is 0 Å². The lowest BCUT2D eigenvalue weighted by Crippen LogP contribution is -2.39. The van der Waals surface area contributed by atoms with Crippen LogP contribution in [0.25, 0.3) is 0 Å². The maximum absolute atomic E-state index is 11.7. The van der Waals surface area contributed by atoms with Crippen molar-refractivity contribution in [3.05, 3.63) is 0 Å². The summed E-state index contributed by atoms with van der Waals surface area (Å²) in [6, 6.07) is 0. The highest BCUT2D eigenvalue weighted by Crippen LogP contribution is 2.36. The third kappa shape index (κ3) is 4.27. The maximum atomic E-state index is 11.7. The Bertz CT molecular complexity index is 223. The van der Waals surface area contributed by atoms with Gasteiger partial charge in [0.15, 0.2) is 0 Å². The van der Waals surface area contributed by atoms with Crippen LogP contribution in [0.1, 0.15) is 26.2 Å². The Morgan fingerprint density at radius 2 is 2.06 bits per heavy atom. The number of rotatable bonds is 5. The minimum atomic E-state index is -4.58. The summed E-state index contributed by atoms with van der Waals surface area (Å²) in [4.78, 5) is 0. The largest absolute Gasteiger partial charge is 0.522 e. The van der Waals surface area contributed by atoms with E-state index in [0.717, 1.165) is 19.3 Å². The van der Waals surface area contributed by atoms with E-state index in [1.165, 1.54) is 0 Å². The Hall–Kier alpha value is -0.330. The van der Waals surface area contributed by atoms with Gasteiger partial charge in [-0.1, -0.05) is 6.92 Å². The zero-order chi connectivity index (χ0) is 12.2. The minimum Gasteiger partial charge on any atom is -0.371 e. The van der Waals surface area contributed by atoms with Gasteiger partial charge in [0, 0.05) is 6.54 Å². The average Bonchev–Trinajstić information content (AvgIpc) is 2.55. The van der Waals surface area contributed by atoms with E-state index >= 15 is 0 Å². The predicted molar refractivity (Wildman–Crippen MR) is 52.8 cm³/mol. The van der Waals surface area contributed by atoms with Gasteiger partial charge in [0.05, 0.1) is 18.8 Å². The summed E-state index contributed by atoms with van der Waals surface area (Å²) in [5, 5.41) is 0. The highest BCUT2D eigenvalue weighted by molar-refractivity contribution is 4.90. The van der Waals surface area contributed by atoms with Crippen LogP contribution in [0, 0.1) is 5.92 Å². The van der Waals surface area contributed by atoms with Crippen molar-refractivity contribution in [2.75, 3.05) is 19.8 Å². The van der Waals surface area contributed by atoms with E-state index in [2.05, 4.69) is 11.7 Å². The van der Waals surface area contributed by atoms with E-state index in [-0.39, 0.29) is 6.61 Å². The fraction of sp³-hybridized carbons (Fsp3) is 1.00. The first-order valence-corrected chi connectivity index (χ1v) is 5.42. The van der Waals surface area contributed by atoms with Crippen LogP contribution in [-0.4, -0.2) is 31.7 Å². The molecule has 0 spiro atoms. The molecule has 0 aromatic rings. The molecule has 0 saturated heterocycles. The lowest BCUT2D eigenvalue weighted by Gasteiger charge is -2.28. The molecule has 3 nitrogen and oxygen atoms in total. The van der Waals surface area contributed by atoms with Crippen molar-refractivity contribution in [2.24, 2.45) is 11.7 Å². The number of hydrogen-bond donors (Lipinski definition) is 1. The molecule has 0 bridgehead atoms. The number of ether oxygens (including phenoxy) is 2. The third-order valence-electron chi connectivity index (χ3n) is 2.94. The predicted octanol–water partition coefficient (Wildman–Crippen LogP) is 2.06. The summed E-state index contributed by atoms with van der Waals surface area (Å²) >= 11 is 0. The van der Waals surface area contributed by atoms with Gasteiger partial charge in [-0.25, -0.2) is 0 Å². The van der Waals surface area contributed by atoms with E-state index in [0.29, 0.717) is 12.5 Å². The Balaban J connectivity index is 2.25. The van der Waals surface area contributed by atoms with E-state index in [4.69, 9.17) is 10.5 Å². The van der Waals surface area contributed by atoms with Gasteiger partial charge in [-0.05, 0) is 25.2 Å². The molecule has 0 aliphatic heterocycles. The molecule has 0 aromatic carbocycles. The molecule has 2 unspecified atom stereocenters. The highest BCUT2D eigenvalue weighted by atomic mass is 19.4. The van der Waals surface area contributed by atoms with Crippen molar-refractivity contribution in [2.45, 2.75) is 38.1 Å². The van der Waals surface area contributed by atoms with Gasteiger partial charge < -0.3 is 10.5 Å². The Morgan fingerprint density at radius 3 is 2.50 bits per heavy atom. The molecule has 1 aliphatic carbocycles. The standard InChI is InChI=1S/C10H18F3NO2/c1-8-2-3-9(6-8,7-14)15-4-5-16-10(11,12)13/h8H,2-7,14H2,1H3. The van der Waals surface area contributed by atoms with Crippen molar-refractivity contribution in [3.8, 4) is 0 Å². The second kappa shape index (κ2) is 5.33. The Labute approximate surface area is 93.1 Å². The zero-order valence-electron chi connectivity index (χ0n) is 9.35. The van der Waals surface area contributed by atoms with Crippen molar-refractivity contribution >= 4 is 0 Å². The molecule has 0 radical (unpaired) electrons. The first kappa shape index (κ1) is 13.7. The smallest absolute Gasteiger partial charge is 0.371 e. The molecule has 2 atom stereocenters. The molecule has 0 aromatic heterocycles. The zero-order valence-corrected chi connectivity index (χ0v) is 9.35. The molecule has 1 fully saturated rings. The fourth-order valence-corrected chi connectivity index (χ4v) is 2.14. The van der Waals surface area contributed by atoms with E-state index < -0.39 is 18.6 Å². The molecule has 16 heavy (non-hydrogen) atoms. The van der Waals surface area contributed by atoms with Gasteiger partial charge in [-0.2, -0.15) is 0 Å². The van der Waals surface area contributed by atoms with Crippen LogP contribution in [0.5, 0.6) is 0 Å². The average molecular weight is 241 g/mol. The Morgan fingerprint density at radius 1 is 1.38 bits per heavy atom. The molecule has 6 heteroatoms. The van der Waals surface area contributed by atoms with Crippen LogP contribution < -0.4 is 5.73 Å². The molecule has 0 amide bonds. The van der Waals surface area contributed by atoms with Crippen molar-refractivity contribution < 1.29 is 22.6 Å². The normalized spacial score (nSPS) is 30.9. The summed E-state index contributed by atoms with van der Waals surface area (Å²) in [7, 11) is 0. The van der Waals surface area contributed by atoms with Crippen LogP contribution in [0.15, 0.2) is 0 Å². The third-order valence-corrected chi connectivity index (χ3v) is 2.94. The van der Waals surface area contributed by atoms with Gasteiger partial charge in [-0.15, -0.1) is 13.2 Å². The van der Waals surface area contributed by atoms with E-state index in [1.54, 1.807) is 0 Å². The molecule has 1 aliphatic rings. The van der Waals surface area contributed by atoms with Crippen molar-refractivity contribution in [1.29, 1.82) is 0 Å². The van der Waals surface area contributed by atoms with Crippen molar-refractivity contribution in [3.63, 3.8) is 0 Å². The van der Waals surface area contributed by atoms with Crippen LogP contribution in [0.2, 0.25) is 0 Å². The maximum Gasteiger partial charge on any atom is 0.522 e. The number of hydrogen-bond acceptors (Lipinski definition) is 3. The quantitative estimate of drug-likeness (QED) is 0.749. The molecule has 1 saturated carbocycles. The Kier molecular flexibility index (Phi) is 4.58. The van der Waals surface area contributed by atoms with Gasteiger partial charge in [0.2, 0.25) is 0 Å². The number of nitrogens with two attached hydrogens (primary N) is 1. The summed E-state index contributed by atoms with van der Waals surface area (Å²) in [5.41, 5.74) is 5.17. The topological polar surface area (TPSA) is 44.5 Å².